The minimum atomic E-state index is -3.51. The molecule has 0 radical (unpaired) electrons. The molecule has 0 aliphatic carbocycles. The van der Waals surface area contributed by atoms with Gasteiger partial charge in [-0.05, 0) is 18.6 Å². The van der Waals surface area contributed by atoms with Crippen molar-refractivity contribution >= 4 is 15.5 Å². The number of hydrogen-bond donors (Lipinski definition) is 1. The Bertz CT molecular complexity index is 676. The van der Waals surface area contributed by atoms with Crippen LogP contribution in [-0.4, -0.2) is 23.2 Å². The van der Waals surface area contributed by atoms with Crippen LogP contribution in [0.4, 0.5) is 5.69 Å². The van der Waals surface area contributed by atoms with Gasteiger partial charge in [-0.15, -0.1) is 0 Å². The number of benzene rings is 1. The predicted molar refractivity (Wildman–Crippen MR) is 67.5 cm³/mol. The monoisotopic (exact) mass is 266 g/mol. The van der Waals surface area contributed by atoms with Crippen LogP contribution in [0.25, 0.3) is 0 Å². The zero-order valence-corrected chi connectivity index (χ0v) is 11.0. The minimum Gasteiger partial charge on any atom is -0.397 e. The van der Waals surface area contributed by atoms with Gasteiger partial charge in [0.15, 0.2) is 9.84 Å². The van der Waals surface area contributed by atoms with Gasteiger partial charge in [0.2, 0.25) is 0 Å². The average Bonchev–Trinajstić information content (AvgIpc) is 2.67. The summed E-state index contributed by atoms with van der Waals surface area (Å²) < 4.78 is 26.0. The molecule has 2 rings (SSSR count). The molecule has 2 N–H and O–H groups in total. The van der Waals surface area contributed by atoms with Crippen molar-refractivity contribution in [3.05, 3.63) is 35.9 Å². The van der Waals surface area contributed by atoms with Gasteiger partial charge in [0.25, 0.3) is 0 Å². The second-order valence-corrected chi connectivity index (χ2v) is 6.00. The zero-order valence-electron chi connectivity index (χ0n) is 10.2. The molecule has 1 aromatic heterocycles. The van der Waals surface area contributed by atoms with Crippen LogP contribution in [-0.2, 0) is 22.6 Å². The first-order valence-electron chi connectivity index (χ1n) is 5.32. The van der Waals surface area contributed by atoms with Crippen molar-refractivity contribution in [3.63, 3.8) is 0 Å². The molecule has 0 bridgehead atoms. The summed E-state index contributed by atoms with van der Waals surface area (Å²) in [5.41, 5.74) is 6.85. The predicted octanol–water partition coefficient (Wildman–Crippen LogP) is 0.680. The van der Waals surface area contributed by atoms with E-state index in [1.165, 1.54) is 17.1 Å². The summed E-state index contributed by atoms with van der Waals surface area (Å²) in [6.07, 6.45) is 1.32. The molecule has 0 aliphatic rings. The lowest BCUT2D eigenvalue weighted by molar-refractivity contribution is 0.591. The number of sulfone groups is 1. The van der Waals surface area contributed by atoms with E-state index in [4.69, 9.17) is 5.73 Å². The number of rotatable bonds is 3. The smallest absolute Gasteiger partial charge is 0.187 e. The summed E-state index contributed by atoms with van der Waals surface area (Å²) in [5, 5.41) is 3.84. The van der Waals surface area contributed by atoms with E-state index in [0.717, 1.165) is 5.56 Å². The molecule has 0 saturated carbocycles. The summed E-state index contributed by atoms with van der Waals surface area (Å²) in [5.74, 6) is 0.174. The zero-order chi connectivity index (χ0) is 13.3. The maximum absolute atomic E-state index is 12.3. The maximum atomic E-state index is 12.3. The SMILES string of the molecule is Cc1cccc(S(=O)(=O)Cc2ncnn2C)c1N. The third kappa shape index (κ3) is 2.21. The quantitative estimate of drug-likeness (QED) is 0.825. The molecule has 2 aromatic rings. The minimum absolute atomic E-state index is 0.144. The summed E-state index contributed by atoms with van der Waals surface area (Å²) in [6, 6.07) is 4.96. The first kappa shape index (κ1) is 12.6. The number of anilines is 1. The molecular weight excluding hydrogens is 252 g/mol. The van der Waals surface area contributed by atoms with Crippen LogP contribution >= 0.6 is 0 Å². The lowest BCUT2D eigenvalue weighted by atomic mass is 10.2. The first-order valence-corrected chi connectivity index (χ1v) is 6.98. The van der Waals surface area contributed by atoms with Crippen molar-refractivity contribution < 1.29 is 8.42 Å². The number of aryl methyl sites for hydroxylation is 2. The van der Waals surface area contributed by atoms with Gasteiger partial charge in [-0.2, -0.15) is 5.10 Å². The fourth-order valence-corrected chi connectivity index (χ4v) is 3.16. The van der Waals surface area contributed by atoms with Gasteiger partial charge in [0.05, 0.1) is 10.6 Å². The average molecular weight is 266 g/mol. The number of aromatic nitrogens is 3. The molecule has 1 aromatic carbocycles. The van der Waals surface area contributed by atoms with Gasteiger partial charge < -0.3 is 5.73 Å². The Kier molecular flexibility index (Phi) is 3.08. The summed E-state index contributed by atoms with van der Waals surface area (Å²) in [4.78, 5) is 4.05. The molecule has 1 heterocycles. The van der Waals surface area contributed by atoms with E-state index in [1.54, 1.807) is 26.1 Å². The van der Waals surface area contributed by atoms with E-state index in [1.807, 2.05) is 0 Å². The fraction of sp³-hybridized carbons (Fsp3) is 0.273. The highest BCUT2D eigenvalue weighted by molar-refractivity contribution is 7.90. The molecule has 7 heteroatoms. The summed E-state index contributed by atoms with van der Waals surface area (Å²) >= 11 is 0. The van der Waals surface area contributed by atoms with Crippen LogP contribution in [0.1, 0.15) is 11.4 Å². The van der Waals surface area contributed by atoms with Crippen LogP contribution in [0, 0.1) is 6.92 Å². The summed E-state index contributed by atoms with van der Waals surface area (Å²) in [6.45, 7) is 1.77. The van der Waals surface area contributed by atoms with Crippen molar-refractivity contribution in [1.29, 1.82) is 0 Å². The van der Waals surface area contributed by atoms with Crippen LogP contribution in [0.3, 0.4) is 0 Å². The second kappa shape index (κ2) is 4.41. The van der Waals surface area contributed by atoms with Crippen molar-refractivity contribution in [2.75, 3.05) is 5.73 Å². The van der Waals surface area contributed by atoms with E-state index in [-0.39, 0.29) is 10.6 Å². The Hall–Kier alpha value is -1.89. The van der Waals surface area contributed by atoms with Crippen LogP contribution in [0.5, 0.6) is 0 Å². The number of nitrogen functional groups attached to an aromatic ring is 1. The molecule has 18 heavy (non-hydrogen) atoms. The molecule has 0 unspecified atom stereocenters. The van der Waals surface area contributed by atoms with Gasteiger partial charge >= 0.3 is 0 Å². The molecule has 0 fully saturated rings. The van der Waals surface area contributed by atoms with Gasteiger partial charge in [0.1, 0.15) is 17.9 Å². The maximum Gasteiger partial charge on any atom is 0.187 e. The Morgan fingerprint density at radius 3 is 2.72 bits per heavy atom. The molecule has 0 saturated heterocycles. The van der Waals surface area contributed by atoms with E-state index < -0.39 is 9.84 Å². The number of hydrogen-bond acceptors (Lipinski definition) is 5. The molecule has 0 aliphatic heterocycles. The van der Waals surface area contributed by atoms with E-state index in [0.29, 0.717) is 11.5 Å². The topological polar surface area (TPSA) is 90.9 Å². The Balaban J connectivity index is 2.43. The number of para-hydroxylation sites is 1. The van der Waals surface area contributed by atoms with Gasteiger partial charge in [-0.1, -0.05) is 12.1 Å². The lowest BCUT2D eigenvalue weighted by Gasteiger charge is -2.09. The molecule has 96 valence electrons. The van der Waals surface area contributed by atoms with Gasteiger partial charge in [0, 0.05) is 7.05 Å². The third-order valence-corrected chi connectivity index (χ3v) is 4.41. The second-order valence-electron chi connectivity index (χ2n) is 4.05. The van der Waals surface area contributed by atoms with Crippen molar-refractivity contribution in [2.24, 2.45) is 7.05 Å². The Morgan fingerprint density at radius 2 is 2.11 bits per heavy atom. The molecule has 0 atom stereocenters. The van der Waals surface area contributed by atoms with Crippen molar-refractivity contribution in [3.8, 4) is 0 Å². The third-order valence-electron chi connectivity index (χ3n) is 2.74. The van der Waals surface area contributed by atoms with Gasteiger partial charge in [-0.3, -0.25) is 4.68 Å². The fourth-order valence-electron chi connectivity index (χ4n) is 1.62. The van der Waals surface area contributed by atoms with Crippen molar-refractivity contribution in [2.45, 2.75) is 17.6 Å². The van der Waals surface area contributed by atoms with E-state index in [9.17, 15) is 8.42 Å². The highest BCUT2D eigenvalue weighted by Gasteiger charge is 2.21. The van der Waals surface area contributed by atoms with E-state index in [2.05, 4.69) is 10.1 Å². The molecule has 0 amide bonds. The van der Waals surface area contributed by atoms with Gasteiger partial charge in [-0.25, -0.2) is 13.4 Å². The van der Waals surface area contributed by atoms with E-state index >= 15 is 0 Å². The number of nitrogens with two attached hydrogens (primary N) is 1. The normalized spacial score (nSPS) is 11.7. The molecule has 6 nitrogen and oxygen atoms in total. The highest BCUT2D eigenvalue weighted by Crippen LogP contribution is 2.24. The Morgan fingerprint density at radius 1 is 1.39 bits per heavy atom. The van der Waals surface area contributed by atoms with Crippen molar-refractivity contribution in [1.82, 2.24) is 14.8 Å². The largest absolute Gasteiger partial charge is 0.397 e. The number of nitrogens with zero attached hydrogens (tertiary/aromatic N) is 3. The molecule has 0 spiro atoms. The Labute approximate surface area is 105 Å². The van der Waals surface area contributed by atoms with Crippen LogP contribution in [0.15, 0.2) is 29.4 Å². The highest BCUT2D eigenvalue weighted by atomic mass is 32.2. The standard InChI is InChI=1S/C11H14N4O2S/c1-8-4-3-5-9(11(8)12)18(16,17)6-10-13-7-14-15(10)2/h3-5,7H,6,12H2,1-2H3. The van der Waals surface area contributed by atoms with Crippen LogP contribution in [0.2, 0.25) is 0 Å². The van der Waals surface area contributed by atoms with Crippen LogP contribution < -0.4 is 5.73 Å². The first-order chi connectivity index (χ1) is 8.42. The summed E-state index contributed by atoms with van der Waals surface area (Å²) in [7, 11) is -1.86. The molecular formula is C11H14N4O2S. The lowest BCUT2D eigenvalue weighted by Crippen LogP contribution is -2.12.